The van der Waals surface area contributed by atoms with Gasteiger partial charge in [0.1, 0.15) is 0 Å². The zero-order valence-electron chi connectivity index (χ0n) is 11.6. The van der Waals surface area contributed by atoms with Crippen LogP contribution >= 0.6 is 11.6 Å². The summed E-state index contributed by atoms with van der Waals surface area (Å²) in [7, 11) is 0. The van der Waals surface area contributed by atoms with E-state index in [1.54, 1.807) is 6.07 Å². The van der Waals surface area contributed by atoms with Gasteiger partial charge in [0.2, 0.25) is 0 Å². The van der Waals surface area contributed by atoms with Crippen molar-refractivity contribution in [3.05, 3.63) is 64.2 Å². The molecule has 3 nitrogen and oxygen atoms in total. The predicted molar refractivity (Wildman–Crippen MR) is 84.5 cm³/mol. The molecule has 0 radical (unpaired) electrons. The van der Waals surface area contributed by atoms with Gasteiger partial charge in [-0.15, -0.1) is 0 Å². The van der Waals surface area contributed by atoms with Gasteiger partial charge in [-0.1, -0.05) is 35.9 Å². The number of rotatable bonds is 2. The van der Waals surface area contributed by atoms with Gasteiger partial charge in [-0.25, -0.2) is 4.79 Å². The largest absolute Gasteiger partial charge is 0.478 e. The van der Waals surface area contributed by atoms with Crippen LogP contribution < -0.4 is 4.90 Å². The molecule has 0 saturated carbocycles. The van der Waals surface area contributed by atoms with E-state index in [0.717, 1.165) is 31.6 Å². The fraction of sp³-hybridized carbons (Fsp3) is 0.235. The van der Waals surface area contributed by atoms with E-state index in [-0.39, 0.29) is 5.56 Å². The molecule has 2 aromatic rings. The van der Waals surface area contributed by atoms with Gasteiger partial charge in [-0.2, -0.15) is 0 Å². The van der Waals surface area contributed by atoms with E-state index in [1.807, 2.05) is 6.07 Å². The van der Waals surface area contributed by atoms with Gasteiger partial charge in [-0.3, -0.25) is 0 Å². The lowest BCUT2D eigenvalue weighted by atomic mass is 10.0. The number of halogens is 1. The number of hydrogen-bond acceptors (Lipinski definition) is 2. The van der Waals surface area contributed by atoms with Gasteiger partial charge >= 0.3 is 5.97 Å². The van der Waals surface area contributed by atoms with Crippen LogP contribution in [-0.2, 0) is 12.8 Å². The molecule has 1 heterocycles. The van der Waals surface area contributed by atoms with Crippen LogP contribution in [0.5, 0.6) is 0 Å². The first kappa shape index (κ1) is 14.0. The summed E-state index contributed by atoms with van der Waals surface area (Å²) in [6, 6.07) is 13.4. The molecule has 0 atom stereocenters. The second kappa shape index (κ2) is 5.78. The molecule has 0 bridgehead atoms. The number of benzene rings is 2. The van der Waals surface area contributed by atoms with Gasteiger partial charge in [0.25, 0.3) is 0 Å². The van der Waals surface area contributed by atoms with Gasteiger partial charge in [0.05, 0.1) is 16.3 Å². The van der Waals surface area contributed by atoms with E-state index in [0.29, 0.717) is 5.02 Å². The van der Waals surface area contributed by atoms with Crippen LogP contribution in [0, 0.1) is 0 Å². The van der Waals surface area contributed by atoms with Crippen molar-refractivity contribution in [2.75, 3.05) is 18.0 Å². The smallest absolute Gasteiger partial charge is 0.335 e. The zero-order chi connectivity index (χ0) is 14.8. The third-order valence-corrected chi connectivity index (χ3v) is 4.26. The maximum absolute atomic E-state index is 11.0. The standard InChI is InChI=1S/C17H16ClNO2/c18-15-11-14(17(20)21)5-6-16(15)19-9-7-12-3-1-2-4-13(12)8-10-19/h1-6,11H,7-10H2,(H,20,21). The van der Waals surface area contributed by atoms with Crippen molar-refractivity contribution in [2.45, 2.75) is 12.8 Å². The lowest BCUT2D eigenvalue weighted by Crippen LogP contribution is -2.26. The maximum Gasteiger partial charge on any atom is 0.335 e. The first-order chi connectivity index (χ1) is 10.1. The summed E-state index contributed by atoms with van der Waals surface area (Å²) < 4.78 is 0. The Bertz CT molecular complexity index is 657. The Kier molecular flexibility index (Phi) is 3.84. The summed E-state index contributed by atoms with van der Waals surface area (Å²) in [6.07, 6.45) is 1.96. The van der Waals surface area contributed by atoms with Crippen LogP contribution in [0.3, 0.4) is 0 Å². The van der Waals surface area contributed by atoms with E-state index >= 15 is 0 Å². The minimum Gasteiger partial charge on any atom is -0.478 e. The summed E-state index contributed by atoms with van der Waals surface area (Å²) >= 11 is 6.27. The number of aromatic carboxylic acids is 1. The molecule has 0 saturated heterocycles. The highest BCUT2D eigenvalue weighted by Gasteiger charge is 2.17. The van der Waals surface area contributed by atoms with Crippen molar-refractivity contribution < 1.29 is 9.90 Å². The molecule has 1 aliphatic rings. The molecule has 0 amide bonds. The Morgan fingerprint density at radius 3 is 2.19 bits per heavy atom. The lowest BCUT2D eigenvalue weighted by molar-refractivity contribution is 0.0697. The Morgan fingerprint density at radius 1 is 1.05 bits per heavy atom. The Balaban J connectivity index is 1.84. The van der Waals surface area contributed by atoms with Crippen LogP contribution in [0.1, 0.15) is 21.5 Å². The molecule has 0 spiro atoms. The van der Waals surface area contributed by atoms with E-state index in [1.165, 1.54) is 17.2 Å². The maximum atomic E-state index is 11.0. The Morgan fingerprint density at radius 2 is 1.67 bits per heavy atom. The van der Waals surface area contributed by atoms with Gasteiger partial charge in [0, 0.05) is 13.1 Å². The van der Waals surface area contributed by atoms with Gasteiger partial charge < -0.3 is 10.0 Å². The molecular weight excluding hydrogens is 286 g/mol. The van der Waals surface area contributed by atoms with Crippen LogP contribution in [0.4, 0.5) is 5.69 Å². The third kappa shape index (κ3) is 2.88. The minimum atomic E-state index is -0.952. The molecule has 3 rings (SSSR count). The molecule has 1 aliphatic heterocycles. The summed E-state index contributed by atoms with van der Waals surface area (Å²) in [5.41, 5.74) is 3.91. The number of carboxylic acids is 1. The minimum absolute atomic E-state index is 0.224. The summed E-state index contributed by atoms with van der Waals surface area (Å²) in [4.78, 5) is 13.2. The Hall–Kier alpha value is -2.00. The summed E-state index contributed by atoms with van der Waals surface area (Å²) in [6.45, 7) is 1.78. The van der Waals surface area contributed by atoms with Crippen LogP contribution in [0.2, 0.25) is 5.02 Å². The van der Waals surface area contributed by atoms with Gasteiger partial charge in [-0.05, 0) is 42.2 Å². The summed E-state index contributed by atoms with van der Waals surface area (Å²) in [5.74, 6) is -0.952. The molecule has 108 valence electrons. The molecule has 0 fully saturated rings. The van der Waals surface area contributed by atoms with Crippen molar-refractivity contribution in [1.29, 1.82) is 0 Å². The predicted octanol–water partition coefficient (Wildman–Crippen LogP) is 3.64. The highest BCUT2D eigenvalue weighted by molar-refractivity contribution is 6.33. The van der Waals surface area contributed by atoms with Crippen molar-refractivity contribution in [2.24, 2.45) is 0 Å². The van der Waals surface area contributed by atoms with E-state index in [2.05, 4.69) is 29.2 Å². The second-order valence-electron chi connectivity index (χ2n) is 5.23. The SMILES string of the molecule is O=C(O)c1ccc(N2CCc3ccccc3CC2)c(Cl)c1. The number of hydrogen-bond donors (Lipinski definition) is 1. The quantitative estimate of drug-likeness (QED) is 0.920. The zero-order valence-corrected chi connectivity index (χ0v) is 12.3. The van der Waals surface area contributed by atoms with Crippen LogP contribution in [0.15, 0.2) is 42.5 Å². The average molecular weight is 302 g/mol. The molecule has 21 heavy (non-hydrogen) atoms. The molecule has 4 heteroatoms. The number of carbonyl (C=O) groups is 1. The van der Waals surface area contributed by atoms with E-state index in [9.17, 15) is 4.79 Å². The van der Waals surface area contributed by atoms with Crippen LogP contribution in [0.25, 0.3) is 0 Å². The number of carboxylic acid groups (broad SMARTS) is 1. The topological polar surface area (TPSA) is 40.5 Å². The Labute approximate surface area is 128 Å². The molecule has 0 unspecified atom stereocenters. The fourth-order valence-corrected chi connectivity index (χ4v) is 3.11. The lowest BCUT2D eigenvalue weighted by Gasteiger charge is -2.24. The second-order valence-corrected chi connectivity index (χ2v) is 5.63. The van der Waals surface area contributed by atoms with Crippen molar-refractivity contribution >= 4 is 23.3 Å². The molecular formula is C17H16ClNO2. The third-order valence-electron chi connectivity index (χ3n) is 3.96. The average Bonchev–Trinajstić information content (AvgIpc) is 2.70. The van der Waals surface area contributed by atoms with Crippen molar-refractivity contribution in [1.82, 2.24) is 0 Å². The summed E-state index contributed by atoms with van der Waals surface area (Å²) in [5, 5.41) is 9.50. The highest BCUT2D eigenvalue weighted by Crippen LogP contribution is 2.29. The molecule has 2 aromatic carbocycles. The first-order valence-electron chi connectivity index (χ1n) is 7.00. The van der Waals surface area contributed by atoms with Crippen LogP contribution in [-0.4, -0.2) is 24.2 Å². The molecule has 0 aromatic heterocycles. The van der Waals surface area contributed by atoms with Crippen molar-refractivity contribution in [3.8, 4) is 0 Å². The number of nitrogens with zero attached hydrogens (tertiary/aromatic N) is 1. The normalized spacial score (nSPS) is 14.4. The van der Waals surface area contributed by atoms with E-state index in [4.69, 9.17) is 16.7 Å². The highest BCUT2D eigenvalue weighted by atomic mass is 35.5. The first-order valence-corrected chi connectivity index (χ1v) is 7.37. The van der Waals surface area contributed by atoms with Crippen molar-refractivity contribution in [3.63, 3.8) is 0 Å². The number of fused-ring (bicyclic) bond motifs is 1. The number of anilines is 1. The molecule has 0 aliphatic carbocycles. The van der Waals surface area contributed by atoms with E-state index < -0.39 is 5.97 Å². The fourth-order valence-electron chi connectivity index (χ4n) is 2.81. The molecule has 1 N–H and O–H groups in total. The van der Waals surface area contributed by atoms with Gasteiger partial charge in [0.15, 0.2) is 0 Å². The monoisotopic (exact) mass is 301 g/mol.